The van der Waals surface area contributed by atoms with Gasteiger partial charge in [-0.2, -0.15) is 0 Å². The highest BCUT2D eigenvalue weighted by Gasteiger charge is 2.20. The van der Waals surface area contributed by atoms with Crippen molar-refractivity contribution in [1.29, 1.82) is 0 Å². The van der Waals surface area contributed by atoms with Crippen LogP contribution in [0.1, 0.15) is 6.42 Å². The lowest BCUT2D eigenvalue weighted by molar-refractivity contribution is 0.140. The summed E-state index contributed by atoms with van der Waals surface area (Å²) in [6.45, 7) is 4.38. The van der Waals surface area contributed by atoms with E-state index in [1.165, 1.54) is 0 Å². The van der Waals surface area contributed by atoms with Gasteiger partial charge in [-0.15, -0.1) is 6.58 Å². The lowest BCUT2D eigenvalue weighted by atomic mass is 10.1. The summed E-state index contributed by atoms with van der Waals surface area (Å²) < 4.78 is 5.17. The maximum absolute atomic E-state index is 5.59. The summed E-state index contributed by atoms with van der Waals surface area (Å²) in [4.78, 5) is 0. The largest absolute Gasteiger partial charge is 0.372 e. The highest BCUT2D eigenvalue weighted by atomic mass is 16.5. The molecule has 2 unspecified atom stereocenters. The Kier molecular flexibility index (Phi) is 1.65. The molecule has 0 aromatic heterocycles. The zero-order valence-electron chi connectivity index (χ0n) is 4.84. The summed E-state index contributed by atoms with van der Waals surface area (Å²) in [7, 11) is 0. The van der Waals surface area contributed by atoms with Crippen LogP contribution in [0.15, 0.2) is 12.7 Å². The van der Waals surface area contributed by atoms with Crippen molar-refractivity contribution < 1.29 is 4.74 Å². The zero-order chi connectivity index (χ0) is 5.98. The summed E-state index contributed by atoms with van der Waals surface area (Å²) in [5.74, 6) is 0. The second-order valence-electron chi connectivity index (χ2n) is 2.02. The second-order valence-corrected chi connectivity index (χ2v) is 2.02. The first-order chi connectivity index (χ1) is 3.84. The molecule has 0 amide bonds. The molecule has 1 aliphatic rings. The molecule has 1 fully saturated rings. The molecule has 46 valence electrons. The Labute approximate surface area is 49.3 Å². The minimum Gasteiger partial charge on any atom is -0.372 e. The SMILES string of the molecule is C=CC1OCCC1N. The molecular weight excluding hydrogens is 102 g/mol. The van der Waals surface area contributed by atoms with Gasteiger partial charge in [-0.05, 0) is 6.42 Å². The molecule has 1 aliphatic heterocycles. The van der Waals surface area contributed by atoms with Crippen LogP contribution in [0.2, 0.25) is 0 Å². The van der Waals surface area contributed by atoms with Gasteiger partial charge in [-0.1, -0.05) is 6.08 Å². The first kappa shape index (κ1) is 5.79. The average Bonchev–Trinajstić information content (AvgIpc) is 2.14. The quantitative estimate of drug-likeness (QED) is 0.496. The van der Waals surface area contributed by atoms with Crippen molar-refractivity contribution in [2.45, 2.75) is 18.6 Å². The highest BCUT2D eigenvalue weighted by molar-refractivity contribution is 4.91. The highest BCUT2D eigenvalue weighted by Crippen LogP contribution is 2.10. The minimum atomic E-state index is 0.106. The van der Waals surface area contributed by atoms with Gasteiger partial charge in [0.2, 0.25) is 0 Å². The van der Waals surface area contributed by atoms with Crippen LogP contribution in [0.3, 0.4) is 0 Å². The molecule has 0 aliphatic carbocycles. The van der Waals surface area contributed by atoms with Crippen molar-refractivity contribution >= 4 is 0 Å². The van der Waals surface area contributed by atoms with E-state index in [9.17, 15) is 0 Å². The van der Waals surface area contributed by atoms with Crippen LogP contribution in [-0.4, -0.2) is 18.8 Å². The molecule has 2 heteroatoms. The van der Waals surface area contributed by atoms with E-state index in [1.807, 2.05) is 0 Å². The van der Waals surface area contributed by atoms with Crippen molar-refractivity contribution in [3.63, 3.8) is 0 Å². The van der Waals surface area contributed by atoms with Crippen LogP contribution in [0.5, 0.6) is 0 Å². The van der Waals surface area contributed by atoms with E-state index in [1.54, 1.807) is 6.08 Å². The van der Waals surface area contributed by atoms with Gasteiger partial charge in [0, 0.05) is 12.6 Å². The average molecular weight is 113 g/mol. The van der Waals surface area contributed by atoms with E-state index in [0.29, 0.717) is 0 Å². The van der Waals surface area contributed by atoms with Gasteiger partial charge in [0.15, 0.2) is 0 Å². The molecule has 1 rings (SSSR count). The molecule has 1 heterocycles. The van der Waals surface area contributed by atoms with Crippen LogP contribution in [0.4, 0.5) is 0 Å². The number of hydrogen-bond acceptors (Lipinski definition) is 2. The minimum absolute atomic E-state index is 0.106. The molecule has 0 aromatic rings. The van der Waals surface area contributed by atoms with Crippen molar-refractivity contribution in [2.75, 3.05) is 6.61 Å². The Morgan fingerprint density at radius 1 is 1.75 bits per heavy atom. The van der Waals surface area contributed by atoms with Crippen LogP contribution >= 0.6 is 0 Å². The van der Waals surface area contributed by atoms with Gasteiger partial charge in [-0.25, -0.2) is 0 Å². The normalized spacial score (nSPS) is 37.6. The molecular formula is C6H11NO. The molecule has 0 spiro atoms. The van der Waals surface area contributed by atoms with Gasteiger partial charge in [-0.3, -0.25) is 0 Å². The van der Waals surface area contributed by atoms with E-state index in [-0.39, 0.29) is 12.1 Å². The van der Waals surface area contributed by atoms with Gasteiger partial charge in [0.25, 0.3) is 0 Å². The number of hydrogen-bond donors (Lipinski definition) is 1. The molecule has 2 N–H and O–H groups in total. The Morgan fingerprint density at radius 2 is 2.50 bits per heavy atom. The molecule has 0 aromatic carbocycles. The fourth-order valence-electron chi connectivity index (χ4n) is 0.871. The Bertz CT molecular complexity index is 92.5. The van der Waals surface area contributed by atoms with E-state index < -0.39 is 0 Å². The van der Waals surface area contributed by atoms with Crippen LogP contribution in [-0.2, 0) is 4.74 Å². The monoisotopic (exact) mass is 113 g/mol. The Morgan fingerprint density at radius 3 is 2.75 bits per heavy atom. The third-order valence-corrected chi connectivity index (χ3v) is 1.42. The molecule has 0 bridgehead atoms. The summed E-state index contributed by atoms with van der Waals surface area (Å²) in [5.41, 5.74) is 5.59. The van der Waals surface area contributed by atoms with E-state index in [4.69, 9.17) is 10.5 Å². The summed E-state index contributed by atoms with van der Waals surface area (Å²) in [5, 5.41) is 0. The Balaban J connectivity index is 2.41. The van der Waals surface area contributed by atoms with Gasteiger partial charge < -0.3 is 10.5 Å². The lowest BCUT2D eigenvalue weighted by Crippen LogP contribution is -2.27. The van der Waals surface area contributed by atoms with E-state index in [2.05, 4.69) is 6.58 Å². The molecule has 2 nitrogen and oxygen atoms in total. The summed E-state index contributed by atoms with van der Waals surface area (Å²) >= 11 is 0. The van der Waals surface area contributed by atoms with Gasteiger partial charge in [0.05, 0.1) is 6.10 Å². The third-order valence-electron chi connectivity index (χ3n) is 1.42. The van der Waals surface area contributed by atoms with Crippen molar-refractivity contribution in [3.05, 3.63) is 12.7 Å². The maximum atomic E-state index is 5.59. The fourth-order valence-corrected chi connectivity index (χ4v) is 0.871. The van der Waals surface area contributed by atoms with Crippen molar-refractivity contribution in [2.24, 2.45) is 5.73 Å². The number of nitrogens with two attached hydrogens (primary N) is 1. The Hall–Kier alpha value is -0.340. The fraction of sp³-hybridized carbons (Fsp3) is 0.667. The smallest absolute Gasteiger partial charge is 0.0904 e. The van der Waals surface area contributed by atoms with E-state index >= 15 is 0 Å². The van der Waals surface area contributed by atoms with Crippen molar-refractivity contribution in [1.82, 2.24) is 0 Å². The molecule has 1 saturated heterocycles. The number of rotatable bonds is 1. The molecule has 2 atom stereocenters. The predicted octanol–water partition coefficient (Wildman–Crippen LogP) is 0.289. The number of ether oxygens (including phenoxy) is 1. The lowest BCUT2D eigenvalue weighted by Gasteiger charge is -2.06. The second kappa shape index (κ2) is 2.29. The van der Waals surface area contributed by atoms with Crippen molar-refractivity contribution in [3.8, 4) is 0 Å². The zero-order valence-corrected chi connectivity index (χ0v) is 4.84. The maximum Gasteiger partial charge on any atom is 0.0904 e. The first-order valence-electron chi connectivity index (χ1n) is 2.84. The predicted molar refractivity (Wildman–Crippen MR) is 32.5 cm³/mol. The standard InChI is InChI=1S/C6H11NO/c1-2-6-5(7)3-4-8-6/h2,5-6H,1,3-4,7H2. The topological polar surface area (TPSA) is 35.2 Å². The molecule has 0 saturated carbocycles. The van der Waals surface area contributed by atoms with Crippen LogP contribution < -0.4 is 5.73 Å². The molecule has 8 heavy (non-hydrogen) atoms. The van der Waals surface area contributed by atoms with Crippen LogP contribution in [0.25, 0.3) is 0 Å². The van der Waals surface area contributed by atoms with Crippen LogP contribution in [0, 0.1) is 0 Å². The first-order valence-corrected chi connectivity index (χ1v) is 2.84. The van der Waals surface area contributed by atoms with Gasteiger partial charge >= 0.3 is 0 Å². The molecule has 0 radical (unpaired) electrons. The van der Waals surface area contributed by atoms with E-state index in [0.717, 1.165) is 13.0 Å². The van der Waals surface area contributed by atoms with Gasteiger partial charge in [0.1, 0.15) is 0 Å². The summed E-state index contributed by atoms with van der Waals surface area (Å²) in [6, 6.07) is 0.187. The third kappa shape index (κ3) is 0.904. The summed E-state index contributed by atoms with van der Waals surface area (Å²) in [6.07, 6.45) is 2.84.